The van der Waals surface area contributed by atoms with Crippen LogP contribution in [0.15, 0.2) is 78.4 Å². The Hall–Kier alpha value is -3.78. The van der Waals surface area contributed by atoms with E-state index in [2.05, 4.69) is 0 Å². The molecule has 180 valence electrons. The second-order valence-corrected chi connectivity index (χ2v) is 8.65. The Morgan fingerprint density at radius 3 is 2.23 bits per heavy atom. The van der Waals surface area contributed by atoms with Crippen LogP contribution < -0.4 is 9.80 Å². The fourth-order valence-electron chi connectivity index (χ4n) is 3.99. The van der Waals surface area contributed by atoms with Crippen LogP contribution in [0.2, 0.25) is 5.02 Å². The molecule has 1 fully saturated rings. The van der Waals surface area contributed by atoms with Crippen molar-refractivity contribution in [3.63, 3.8) is 0 Å². The number of carbonyl (C=O) groups is 2. The van der Waals surface area contributed by atoms with Crippen LogP contribution >= 0.6 is 11.6 Å². The normalized spacial score (nSPS) is 17.7. The lowest BCUT2D eigenvalue weighted by Gasteiger charge is -2.26. The van der Waals surface area contributed by atoms with Gasteiger partial charge in [0.05, 0.1) is 17.2 Å². The van der Waals surface area contributed by atoms with Crippen LogP contribution in [0.4, 0.5) is 24.5 Å². The molecule has 1 amide bonds. The molecule has 0 radical (unpaired) electrons. The lowest BCUT2D eigenvalue weighted by Crippen LogP contribution is -2.29. The molecule has 35 heavy (non-hydrogen) atoms. The summed E-state index contributed by atoms with van der Waals surface area (Å²) in [6.07, 6.45) is -4.65. The zero-order valence-corrected chi connectivity index (χ0v) is 19.4. The Morgan fingerprint density at radius 2 is 1.63 bits per heavy atom. The summed E-state index contributed by atoms with van der Waals surface area (Å²) in [7, 11) is 3.67. The van der Waals surface area contributed by atoms with Gasteiger partial charge in [0.1, 0.15) is 5.76 Å². The number of ketones is 1. The van der Waals surface area contributed by atoms with Gasteiger partial charge in [-0.3, -0.25) is 14.5 Å². The molecule has 1 unspecified atom stereocenters. The maximum absolute atomic E-state index is 13.4. The standard InChI is InChI=1S/C26H20ClF3N2O3/c1-31(2)19-11-9-15(10-12-19)22-21(23(33)16-5-3-7-18(27)13-16)24(34)25(35)32(22)20-8-4-6-17(14-20)26(28,29)30/h3-14,22,33H,1-2H3/b23-21+. The molecule has 1 N–H and O–H groups in total. The quantitative estimate of drug-likeness (QED) is 0.269. The summed E-state index contributed by atoms with van der Waals surface area (Å²) < 4.78 is 40.2. The van der Waals surface area contributed by atoms with Crippen molar-refractivity contribution in [3.8, 4) is 0 Å². The van der Waals surface area contributed by atoms with Crippen LogP contribution in [0.5, 0.6) is 0 Å². The molecule has 0 saturated carbocycles. The zero-order valence-electron chi connectivity index (χ0n) is 18.7. The predicted octanol–water partition coefficient (Wildman–Crippen LogP) is 6.05. The van der Waals surface area contributed by atoms with Crippen LogP contribution in [0.3, 0.4) is 0 Å². The lowest BCUT2D eigenvalue weighted by molar-refractivity contribution is -0.137. The fourth-order valence-corrected chi connectivity index (χ4v) is 4.18. The Labute approximate surface area is 204 Å². The highest BCUT2D eigenvalue weighted by atomic mass is 35.5. The molecule has 1 aliphatic rings. The Kier molecular flexibility index (Phi) is 6.34. The summed E-state index contributed by atoms with van der Waals surface area (Å²) in [4.78, 5) is 29.1. The Balaban J connectivity index is 1.94. The number of anilines is 2. The van der Waals surface area contributed by atoms with E-state index >= 15 is 0 Å². The third-order valence-corrected chi connectivity index (χ3v) is 5.95. The number of rotatable bonds is 4. The zero-order chi connectivity index (χ0) is 25.5. The van der Waals surface area contributed by atoms with Gasteiger partial charge in [-0.25, -0.2) is 0 Å². The topological polar surface area (TPSA) is 60.9 Å². The van der Waals surface area contributed by atoms with Crippen LogP contribution in [-0.4, -0.2) is 30.9 Å². The number of halogens is 4. The van der Waals surface area contributed by atoms with Crippen molar-refractivity contribution in [2.75, 3.05) is 23.9 Å². The second kappa shape index (κ2) is 9.11. The van der Waals surface area contributed by atoms with Gasteiger partial charge in [-0.2, -0.15) is 13.2 Å². The number of alkyl halides is 3. The number of hydrogen-bond acceptors (Lipinski definition) is 4. The molecule has 1 heterocycles. The van der Waals surface area contributed by atoms with Crippen molar-refractivity contribution in [2.24, 2.45) is 0 Å². The van der Waals surface area contributed by atoms with Crippen molar-refractivity contribution in [1.29, 1.82) is 0 Å². The highest BCUT2D eigenvalue weighted by molar-refractivity contribution is 6.51. The molecule has 1 aliphatic heterocycles. The van der Waals surface area contributed by atoms with E-state index in [0.29, 0.717) is 10.6 Å². The van der Waals surface area contributed by atoms with E-state index < -0.39 is 35.2 Å². The van der Waals surface area contributed by atoms with Crippen molar-refractivity contribution in [1.82, 2.24) is 0 Å². The van der Waals surface area contributed by atoms with E-state index in [-0.39, 0.29) is 16.8 Å². The van der Waals surface area contributed by atoms with Gasteiger partial charge in [0.25, 0.3) is 11.7 Å². The smallest absolute Gasteiger partial charge is 0.416 e. The van der Waals surface area contributed by atoms with Crippen molar-refractivity contribution in [2.45, 2.75) is 12.2 Å². The average Bonchev–Trinajstić information content (AvgIpc) is 3.08. The van der Waals surface area contributed by atoms with Crippen LogP contribution in [-0.2, 0) is 15.8 Å². The number of hydrogen-bond donors (Lipinski definition) is 1. The number of aliphatic hydroxyl groups is 1. The van der Waals surface area contributed by atoms with Gasteiger partial charge in [-0.15, -0.1) is 0 Å². The molecular formula is C26H20ClF3N2O3. The SMILES string of the molecule is CN(C)c1ccc(C2/C(=C(\O)c3cccc(Cl)c3)C(=O)C(=O)N2c2cccc(C(F)(F)F)c2)cc1. The Bertz CT molecular complexity index is 1330. The number of benzene rings is 3. The fraction of sp³-hybridized carbons (Fsp3) is 0.154. The summed E-state index contributed by atoms with van der Waals surface area (Å²) in [5, 5.41) is 11.4. The highest BCUT2D eigenvalue weighted by Crippen LogP contribution is 2.43. The van der Waals surface area contributed by atoms with E-state index in [4.69, 9.17) is 11.6 Å². The van der Waals surface area contributed by atoms with Gasteiger partial charge in [-0.05, 0) is 48.0 Å². The van der Waals surface area contributed by atoms with Crippen molar-refractivity contribution >= 4 is 40.4 Å². The molecule has 0 aliphatic carbocycles. The molecule has 3 aromatic carbocycles. The number of aliphatic hydroxyl groups excluding tert-OH is 1. The molecule has 5 nitrogen and oxygen atoms in total. The minimum atomic E-state index is -4.65. The molecule has 4 rings (SSSR count). The number of nitrogens with zero attached hydrogens (tertiary/aromatic N) is 2. The maximum atomic E-state index is 13.4. The van der Waals surface area contributed by atoms with E-state index in [1.165, 1.54) is 24.3 Å². The van der Waals surface area contributed by atoms with E-state index in [0.717, 1.165) is 22.7 Å². The molecule has 1 atom stereocenters. The van der Waals surface area contributed by atoms with Crippen molar-refractivity contribution in [3.05, 3.63) is 100 Å². The lowest BCUT2D eigenvalue weighted by atomic mass is 9.95. The largest absolute Gasteiger partial charge is 0.507 e. The monoisotopic (exact) mass is 500 g/mol. The maximum Gasteiger partial charge on any atom is 0.416 e. The molecule has 3 aromatic rings. The van der Waals surface area contributed by atoms with Gasteiger partial charge < -0.3 is 10.0 Å². The number of carbonyl (C=O) groups excluding carboxylic acids is 2. The third kappa shape index (κ3) is 4.61. The first-order valence-corrected chi connectivity index (χ1v) is 10.9. The molecule has 0 aromatic heterocycles. The van der Waals surface area contributed by atoms with Gasteiger partial charge in [0.15, 0.2) is 0 Å². The molecular weight excluding hydrogens is 481 g/mol. The van der Waals surface area contributed by atoms with E-state index in [1.54, 1.807) is 36.4 Å². The number of amides is 1. The van der Waals surface area contributed by atoms with Crippen LogP contribution in [0.25, 0.3) is 5.76 Å². The minimum Gasteiger partial charge on any atom is -0.507 e. The summed E-state index contributed by atoms with van der Waals surface area (Å²) >= 11 is 6.04. The first-order valence-electron chi connectivity index (χ1n) is 10.5. The minimum absolute atomic E-state index is 0.117. The van der Waals surface area contributed by atoms with Gasteiger partial charge >= 0.3 is 6.18 Å². The Morgan fingerprint density at radius 1 is 0.971 bits per heavy atom. The van der Waals surface area contributed by atoms with Gasteiger partial charge in [0.2, 0.25) is 0 Å². The highest BCUT2D eigenvalue weighted by Gasteiger charge is 2.47. The molecule has 0 spiro atoms. The predicted molar refractivity (Wildman–Crippen MR) is 128 cm³/mol. The van der Waals surface area contributed by atoms with Crippen LogP contribution in [0.1, 0.15) is 22.7 Å². The average molecular weight is 501 g/mol. The summed E-state index contributed by atoms with van der Waals surface area (Å²) in [5.41, 5.74) is 0.152. The third-order valence-electron chi connectivity index (χ3n) is 5.72. The first-order chi connectivity index (χ1) is 16.5. The molecule has 1 saturated heterocycles. The van der Waals surface area contributed by atoms with Gasteiger partial charge in [0, 0.05) is 36.1 Å². The first kappa shape index (κ1) is 24.3. The molecule has 9 heteroatoms. The van der Waals surface area contributed by atoms with Crippen LogP contribution in [0, 0.1) is 0 Å². The van der Waals surface area contributed by atoms with Gasteiger partial charge in [-0.1, -0.05) is 41.9 Å². The van der Waals surface area contributed by atoms with Crippen molar-refractivity contribution < 1.29 is 27.9 Å². The summed E-state index contributed by atoms with van der Waals surface area (Å²) in [6, 6.07) is 16.0. The number of Topliss-reactive ketones (excluding diaryl/α,β-unsaturated/α-hetero) is 1. The molecule has 0 bridgehead atoms. The second-order valence-electron chi connectivity index (χ2n) is 8.21. The summed E-state index contributed by atoms with van der Waals surface area (Å²) in [6.45, 7) is 0. The van der Waals surface area contributed by atoms with E-state index in [9.17, 15) is 27.9 Å². The summed E-state index contributed by atoms with van der Waals surface area (Å²) in [5.74, 6) is -2.53. The van der Waals surface area contributed by atoms with E-state index in [1.807, 2.05) is 19.0 Å².